The molecule has 0 radical (unpaired) electrons. The van der Waals surface area contributed by atoms with Crippen LogP contribution in [-0.4, -0.2) is 30.4 Å². The van der Waals surface area contributed by atoms with Crippen LogP contribution in [0.25, 0.3) is 0 Å². The zero-order valence-electron chi connectivity index (χ0n) is 11.6. The zero-order chi connectivity index (χ0) is 15.9. The van der Waals surface area contributed by atoms with Crippen LogP contribution in [0.3, 0.4) is 0 Å². The van der Waals surface area contributed by atoms with Crippen molar-refractivity contribution in [3.05, 3.63) is 40.5 Å². The molecule has 114 valence electrons. The number of hydrogen-bond acceptors (Lipinski definition) is 6. The van der Waals surface area contributed by atoms with Gasteiger partial charge in [0, 0.05) is 4.47 Å². The Bertz CT molecular complexity index is 718. The van der Waals surface area contributed by atoms with E-state index in [2.05, 4.69) is 31.5 Å². The molecule has 1 aromatic rings. The number of nitrogens with one attached hydrogen (secondary N) is 2. The predicted molar refractivity (Wildman–Crippen MR) is 80.4 cm³/mol. The van der Waals surface area contributed by atoms with E-state index in [9.17, 15) is 14.4 Å². The second kappa shape index (κ2) is 5.22. The Morgan fingerprint density at radius 3 is 2.86 bits per heavy atom. The normalized spacial score (nSPS) is 23.7. The summed E-state index contributed by atoms with van der Waals surface area (Å²) in [6.45, 7) is 0. The van der Waals surface area contributed by atoms with Gasteiger partial charge in [0.25, 0.3) is 5.91 Å². The number of nitrogens with zero attached hydrogens (tertiary/aromatic N) is 1. The number of halogens is 1. The molecule has 0 aromatic heterocycles. The zero-order valence-corrected chi connectivity index (χ0v) is 13.1. The van der Waals surface area contributed by atoms with Crippen LogP contribution in [0.1, 0.15) is 6.42 Å². The molecule has 22 heavy (non-hydrogen) atoms. The molecular formula is C14H12BrN3O4. The van der Waals surface area contributed by atoms with E-state index in [4.69, 9.17) is 0 Å². The number of imide groups is 1. The maximum Gasteiger partial charge on any atom is 0.355 e. The van der Waals surface area contributed by atoms with Crippen molar-refractivity contribution in [3.63, 3.8) is 0 Å². The summed E-state index contributed by atoms with van der Waals surface area (Å²) in [5.41, 5.74) is 4.65. The van der Waals surface area contributed by atoms with Gasteiger partial charge >= 0.3 is 5.97 Å². The molecule has 0 bridgehead atoms. The maximum atomic E-state index is 12.7. The lowest BCUT2D eigenvalue weighted by atomic mass is 9.98. The van der Waals surface area contributed by atoms with Gasteiger partial charge in [-0.15, -0.1) is 0 Å². The second-order valence-corrected chi connectivity index (χ2v) is 5.88. The highest BCUT2D eigenvalue weighted by Gasteiger charge is 2.54. The van der Waals surface area contributed by atoms with E-state index < -0.39 is 17.4 Å². The molecule has 0 aliphatic carbocycles. The van der Waals surface area contributed by atoms with E-state index >= 15 is 0 Å². The molecule has 2 aliphatic heterocycles. The van der Waals surface area contributed by atoms with Crippen molar-refractivity contribution in [1.29, 1.82) is 0 Å². The van der Waals surface area contributed by atoms with Crippen molar-refractivity contribution >= 4 is 39.4 Å². The minimum Gasteiger partial charge on any atom is -0.464 e. The Morgan fingerprint density at radius 1 is 1.41 bits per heavy atom. The van der Waals surface area contributed by atoms with Crippen molar-refractivity contribution in [2.75, 3.05) is 12.0 Å². The third-order valence-corrected chi connectivity index (χ3v) is 4.04. The molecule has 8 heteroatoms. The number of methoxy groups -OCH3 is 1. The number of esters is 1. The van der Waals surface area contributed by atoms with Crippen LogP contribution in [0.4, 0.5) is 5.69 Å². The topological polar surface area (TPSA) is 87.7 Å². The summed E-state index contributed by atoms with van der Waals surface area (Å²) in [4.78, 5) is 37.6. The quantitative estimate of drug-likeness (QED) is 0.589. The van der Waals surface area contributed by atoms with Crippen molar-refractivity contribution in [2.45, 2.75) is 12.0 Å². The van der Waals surface area contributed by atoms with E-state index in [1.807, 2.05) is 0 Å². The fraction of sp³-hybridized carbons (Fsp3) is 0.214. The van der Waals surface area contributed by atoms with Crippen molar-refractivity contribution in [1.82, 2.24) is 10.9 Å². The SMILES string of the molecule is COC(=O)C1=C[C@@]2(CC(=O)N(c3cccc(Br)c3)C2=O)NN1. The Kier molecular flexibility index (Phi) is 3.50. The lowest BCUT2D eigenvalue weighted by Crippen LogP contribution is -2.51. The molecule has 2 amide bonds. The third kappa shape index (κ3) is 2.20. The summed E-state index contributed by atoms with van der Waals surface area (Å²) in [6, 6.07) is 6.89. The summed E-state index contributed by atoms with van der Waals surface area (Å²) in [6.07, 6.45) is 1.32. The van der Waals surface area contributed by atoms with Gasteiger partial charge in [-0.2, -0.15) is 0 Å². The number of benzene rings is 1. The first kappa shape index (κ1) is 14.7. The Balaban J connectivity index is 1.96. The van der Waals surface area contributed by atoms with Crippen molar-refractivity contribution in [3.8, 4) is 0 Å². The van der Waals surface area contributed by atoms with E-state index in [-0.39, 0.29) is 18.0 Å². The Labute approximate surface area is 134 Å². The number of amides is 2. The van der Waals surface area contributed by atoms with Gasteiger partial charge in [0.15, 0.2) is 0 Å². The van der Waals surface area contributed by atoms with Gasteiger partial charge in [0.1, 0.15) is 11.2 Å². The number of anilines is 1. The van der Waals surface area contributed by atoms with E-state index in [1.54, 1.807) is 24.3 Å². The predicted octanol–water partition coefficient (Wildman–Crippen LogP) is 0.616. The van der Waals surface area contributed by atoms with Gasteiger partial charge in [-0.3, -0.25) is 9.59 Å². The van der Waals surface area contributed by atoms with Crippen molar-refractivity contribution in [2.24, 2.45) is 0 Å². The molecule has 3 rings (SSSR count). The minimum atomic E-state index is -1.26. The highest BCUT2D eigenvalue weighted by atomic mass is 79.9. The minimum absolute atomic E-state index is 0.0775. The molecule has 7 nitrogen and oxygen atoms in total. The van der Waals surface area contributed by atoms with Gasteiger partial charge in [-0.1, -0.05) is 22.0 Å². The first-order valence-electron chi connectivity index (χ1n) is 6.44. The lowest BCUT2D eigenvalue weighted by Gasteiger charge is -2.20. The molecule has 1 aromatic carbocycles. The highest BCUT2D eigenvalue weighted by molar-refractivity contribution is 9.10. The smallest absolute Gasteiger partial charge is 0.355 e. The van der Waals surface area contributed by atoms with Gasteiger partial charge in [0.2, 0.25) is 5.91 Å². The molecule has 0 saturated carbocycles. The summed E-state index contributed by atoms with van der Waals surface area (Å²) in [5, 5.41) is 0. The molecule has 2 N–H and O–H groups in total. The first-order chi connectivity index (χ1) is 10.5. The first-order valence-corrected chi connectivity index (χ1v) is 7.23. The Morgan fingerprint density at radius 2 is 2.18 bits per heavy atom. The average molecular weight is 366 g/mol. The molecule has 0 unspecified atom stereocenters. The molecule has 2 aliphatic rings. The van der Waals surface area contributed by atoms with Crippen LogP contribution in [0.15, 0.2) is 40.5 Å². The molecule has 1 spiro atoms. The van der Waals surface area contributed by atoms with Crippen LogP contribution in [0, 0.1) is 0 Å². The third-order valence-electron chi connectivity index (χ3n) is 3.55. The molecular weight excluding hydrogens is 354 g/mol. The second-order valence-electron chi connectivity index (χ2n) is 4.96. The Hall–Kier alpha value is -2.19. The van der Waals surface area contributed by atoms with E-state index in [1.165, 1.54) is 13.2 Å². The van der Waals surface area contributed by atoms with Gasteiger partial charge < -0.3 is 10.2 Å². The van der Waals surface area contributed by atoms with Gasteiger partial charge in [-0.25, -0.2) is 15.1 Å². The van der Waals surface area contributed by atoms with Gasteiger partial charge in [0.05, 0.1) is 19.2 Å². The summed E-state index contributed by atoms with van der Waals surface area (Å²) < 4.78 is 5.36. The summed E-state index contributed by atoms with van der Waals surface area (Å²) in [5.74, 6) is -1.40. The summed E-state index contributed by atoms with van der Waals surface area (Å²) in [7, 11) is 1.24. The van der Waals surface area contributed by atoms with E-state index in [0.717, 1.165) is 9.37 Å². The van der Waals surface area contributed by atoms with Crippen LogP contribution in [0.2, 0.25) is 0 Å². The molecule has 1 saturated heterocycles. The summed E-state index contributed by atoms with van der Waals surface area (Å²) >= 11 is 3.31. The number of hydrogen-bond donors (Lipinski definition) is 2. The van der Waals surface area contributed by atoms with Crippen LogP contribution in [-0.2, 0) is 19.1 Å². The fourth-order valence-corrected chi connectivity index (χ4v) is 2.90. The number of rotatable bonds is 2. The van der Waals surface area contributed by atoms with Crippen molar-refractivity contribution < 1.29 is 19.1 Å². The van der Waals surface area contributed by atoms with E-state index in [0.29, 0.717) is 5.69 Å². The van der Waals surface area contributed by atoms with Crippen LogP contribution < -0.4 is 15.8 Å². The maximum absolute atomic E-state index is 12.7. The lowest BCUT2D eigenvalue weighted by molar-refractivity contribution is -0.136. The largest absolute Gasteiger partial charge is 0.464 e. The standard InChI is InChI=1S/C14H12BrN3O4/c1-22-12(20)10-6-14(17-16-10)7-11(19)18(13(14)21)9-4-2-3-8(15)5-9/h2-6,16-17H,7H2,1H3/t14-/m0/s1. The van der Waals surface area contributed by atoms with Crippen LogP contribution >= 0.6 is 15.9 Å². The fourth-order valence-electron chi connectivity index (χ4n) is 2.51. The molecule has 2 heterocycles. The average Bonchev–Trinajstić information content (AvgIpc) is 3.01. The monoisotopic (exact) mass is 365 g/mol. The van der Waals surface area contributed by atoms with Crippen LogP contribution in [0.5, 0.6) is 0 Å². The molecule has 1 fully saturated rings. The number of carbonyl (C=O) groups is 3. The van der Waals surface area contributed by atoms with Gasteiger partial charge in [-0.05, 0) is 24.3 Å². The molecule has 1 atom stereocenters. The highest BCUT2D eigenvalue weighted by Crippen LogP contribution is 2.33. The number of ether oxygens (including phenoxy) is 1. The number of carbonyl (C=O) groups excluding carboxylic acids is 3. The number of hydrazine groups is 1.